The van der Waals surface area contributed by atoms with Crippen LogP contribution in [0.5, 0.6) is 0 Å². The molecule has 0 saturated carbocycles. The molecule has 2 aliphatic heterocycles. The zero-order valence-electron chi connectivity index (χ0n) is 11.3. The summed E-state index contributed by atoms with van der Waals surface area (Å²) >= 11 is 0. The zero-order chi connectivity index (χ0) is 14.1. The third-order valence-corrected chi connectivity index (χ3v) is 4.39. The molecule has 5 heteroatoms. The number of piperidine rings is 1. The molecule has 2 saturated heterocycles. The maximum atomic E-state index is 13.8. The fraction of sp³-hybridized carbons (Fsp3) is 0.533. The van der Waals surface area contributed by atoms with E-state index in [4.69, 9.17) is 5.11 Å². The number of benzene rings is 1. The van der Waals surface area contributed by atoms with Crippen LogP contribution in [-0.4, -0.2) is 41.1 Å². The van der Waals surface area contributed by atoms with Crippen LogP contribution < -0.4 is 5.32 Å². The summed E-state index contributed by atoms with van der Waals surface area (Å²) in [5.74, 6) is -1.41. The smallest absolute Gasteiger partial charge is 0.335 e. The van der Waals surface area contributed by atoms with E-state index in [9.17, 15) is 9.18 Å². The van der Waals surface area contributed by atoms with Crippen molar-refractivity contribution < 1.29 is 14.3 Å². The van der Waals surface area contributed by atoms with Crippen molar-refractivity contribution in [2.75, 3.05) is 18.4 Å². The van der Waals surface area contributed by atoms with E-state index in [0.29, 0.717) is 11.7 Å². The fourth-order valence-electron chi connectivity index (χ4n) is 3.34. The van der Waals surface area contributed by atoms with Crippen molar-refractivity contribution in [2.45, 2.75) is 37.8 Å². The third-order valence-electron chi connectivity index (χ3n) is 4.39. The molecule has 0 spiro atoms. The van der Waals surface area contributed by atoms with E-state index < -0.39 is 5.97 Å². The summed E-state index contributed by atoms with van der Waals surface area (Å²) in [6.45, 7) is 2.23. The van der Waals surface area contributed by atoms with E-state index in [0.717, 1.165) is 19.4 Å². The van der Waals surface area contributed by atoms with Crippen molar-refractivity contribution in [3.05, 3.63) is 29.6 Å². The van der Waals surface area contributed by atoms with Crippen LogP contribution in [0.2, 0.25) is 0 Å². The molecule has 2 N–H and O–H groups in total. The van der Waals surface area contributed by atoms with E-state index in [1.54, 1.807) is 0 Å². The summed E-state index contributed by atoms with van der Waals surface area (Å²) in [6, 6.07) is 4.73. The van der Waals surface area contributed by atoms with Gasteiger partial charge in [-0.25, -0.2) is 9.18 Å². The molecule has 20 heavy (non-hydrogen) atoms. The number of halogens is 1. The van der Waals surface area contributed by atoms with Crippen molar-refractivity contribution in [2.24, 2.45) is 0 Å². The second kappa shape index (κ2) is 5.40. The Morgan fingerprint density at radius 3 is 3.00 bits per heavy atom. The van der Waals surface area contributed by atoms with Crippen LogP contribution in [0.4, 0.5) is 10.1 Å². The lowest BCUT2D eigenvalue weighted by Crippen LogP contribution is -2.42. The first-order valence-corrected chi connectivity index (χ1v) is 7.17. The minimum atomic E-state index is -1.03. The van der Waals surface area contributed by atoms with E-state index >= 15 is 0 Å². The summed E-state index contributed by atoms with van der Waals surface area (Å²) in [4.78, 5) is 13.5. The topological polar surface area (TPSA) is 52.6 Å². The van der Waals surface area contributed by atoms with Crippen LogP contribution in [0.1, 0.15) is 36.0 Å². The number of carbonyl (C=O) groups is 1. The van der Waals surface area contributed by atoms with Crippen LogP contribution in [-0.2, 0) is 0 Å². The maximum Gasteiger partial charge on any atom is 0.335 e. The molecule has 4 nitrogen and oxygen atoms in total. The van der Waals surface area contributed by atoms with E-state index in [1.807, 2.05) is 0 Å². The second-order valence-corrected chi connectivity index (χ2v) is 5.70. The Morgan fingerprint density at radius 2 is 2.20 bits per heavy atom. The molecular weight excluding hydrogens is 259 g/mol. The Labute approximate surface area is 117 Å². The van der Waals surface area contributed by atoms with Gasteiger partial charge in [-0.15, -0.1) is 0 Å². The molecule has 0 aromatic heterocycles. The Bertz CT molecular complexity index is 521. The highest BCUT2D eigenvalue weighted by Crippen LogP contribution is 2.29. The van der Waals surface area contributed by atoms with E-state index in [2.05, 4.69) is 10.2 Å². The van der Waals surface area contributed by atoms with Gasteiger partial charge < -0.3 is 15.3 Å². The second-order valence-electron chi connectivity index (χ2n) is 5.70. The van der Waals surface area contributed by atoms with Gasteiger partial charge in [0.1, 0.15) is 5.82 Å². The van der Waals surface area contributed by atoms with Gasteiger partial charge in [-0.05, 0) is 50.4 Å². The first-order chi connectivity index (χ1) is 9.63. The SMILES string of the molecule is O=C(O)c1ccc(F)c(NC2CCN3CCCC3C2)c1. The number of aromatic carboxylic acids is 1. The number of nitrogens with one attached hydrogen (secondary N) is 1. The van der Waals surface area contributed by atoms with Gasteiger partial charge in [0.2, 0.25) is 0 Å². The van der Waals surface area contributed by atoms with Gasteiger partial charge >= 0.3 is 5.97 Å². The van der Waals surface area contributed by atoms with Gasteiger partial charge in [-0.2, -0.15) is 0 Å². The number of fused-ring (bicyclic) bond motifs is 1. The largest absolute Gasteiger partial charge is 0.478 e. The highest BCUT2D eigenvalue weighted by atomic mass is 19.1. The number of nitrogens with zero attached hydrogens (tertiary/aromatic N) is 1. The molecule has 2 atom stereocenters. The fourth-order valence-corrected chi connectivity index (χ4v) is 3.34. The average molecular weight is 278 g/mol. The van der Waals surface area contributed by atoms with Crippen molar-refractivity contribution in [3.63, 3.8) is 0 Å². The van der Waals surface area contributed by atoms with Crippen molar-refractivity contribution in [3.8, 4) is 0 Å². The molecule has 1 aromatic rings. The number of hydrogen-bond donors (Lipinski definition) is 2. The van der Waals surface area contributed by atoms with Crippen LogP contribution in [0.25, 0.3) is 0 Å². The zero-order valence-corrected chi connectivity index (χ0v) is 11.3. The van der Waals surface area contributed by atoms with Crippen LogP contribution in [0.15, 0.2) is 18.2 Å². The number of hydrogen-bond acceptors (Lipinski definition) is 3. The molecule has 0 aliphatic carbocycles. The molecule has 2 aliphatic rings. The average Bonchev–Trinajstić information content (AvgIpc) is 2.88. The molecule has 0 radical (unpaired) electrons. The van der Waals surface area contributed by atoms with E-state index in [-0.39, 0.29) is 17.4 Å². The Balaban J connectivity index is 1.71. The Hall–Kier alpha value is -1.62. The van der Waals surface area contributed by atoms with Crippen LogP contribution >= 0.6 is 0 Å². The highest BCUT2D eigenvalue weighted by molar-refractivity contribution is 5.88. The Morgan fingerprint density at radius 1 is 1.35 bits per heavy atom. The normalized spacial score (nSPS) is 26.2. The number of anilines is 1. The molecule has 2 heterocycles. The highest BCUT2D eigenvalue weighted by Gasteiger charge is 2.31. The number of carboxylic acid groups (broad SMARTS) is 1. The quantitative estimate of drug-likeness (QED) is 0.892. The van der Waals surface area contributed by atoms with Gasteiger partial charge in [0, 0.05) is 18.6 Å². The predicted molar refractivity (Wildman–Crippen MR) is 74.6 cm³/mol. The molecule has 3 rings (SSSR count). The summed E-state index contributed by atoms with van der Waals surface area (Å²) in [7, 11) is 0. The summed E-state index contributed by atoms with van der Waals surface area (Å²) < 4.78 is 13.8. The minimum Gasteiger partial charge on any atom is -0.478 e. The number of rotatable bonds is 3. The molecule has 1 aromatic carbocycles. The first-order valence-electron chi connectivity index (χ1n) is 7.17. The van der Waals surface area contributed by atoms with E-state index in [1.165, 1.54) is 37.6 Å². The lowest BCUT2D eigenvalue weighted by atomic mass is 9.97. The molecule has 0 bridgehead atoms. The number of carboxylic acids is 1. The molecule has 108 valence electrons. The monoisotopic (exact) mass is 278 g/mol. The summed E-state index contributed by atoms with van der Waals surface area (Å²) in [6.07, 6.45) is 4.46. The predicted octanol–water partition coefficient (Wildman–Crippen LogP) is 2.56. The first kappa shape index (κ1) is 13.4. The van der Waals surface area contributed by atoms with Gasteiger partial charge in [-0.1, -0.05) is 0 Å². The standard InChI is InChI=1S/C15H19FN2O2/c16-13-4-3-10(15(19)20)8-14(13)17-11-5-7-18-6-1-2-12(18)9-11/h3-4,8,11-12,17H,1-2,5-7,9H2,(H,19,20). The molecule has 0 amide bonds. The van der Waals surface area contributed by atoms with Crippen LogP contribution in [0.3, 0.4) is 0 Å². The lowest BCUT2D eigenvalue weighted by molar-refractivity contribution is 0.0697. The molecule has 2 unspecified atom stereocenters. The van der Waals surface area contributed by atoms with Gasteiger partial charge in [0.25, 0.3) is 0 Å². The summed E-state index contributed by atoms with van der Waals surface area (Å²) in [5.41, 5.74) is 0.425. The van der Waals surface area contributed by atoms with Gasteiger partial charge in [0.15, 0.2) is 0 Å². The minimum absolute atomic E-state index is 0.118. The van der Waals surface area contributed by atoms with Gasteiger partial charge in [0.05, 0.1) is 11.3 Å². The maximum absolute atomic E-state index is 13.8. The van der Waals surface area contributed by atoms with Gasteiger partial charge in [-0.3, -0.25) is 0 Å². The molecule has 2 fully saturated rings. The lowest BCUT2D eigenvalue weighted by Gasteiger charge is -2.35. The van der Waals surface area contributed by atoms with Crippen molar-refractivity contribution in [1.29, 1.82) is 0 Å². The summed E-state index contributed by atoms with van der Waals surface area (Å²) in [5, 5.41) is 12.2. The van der Waals surface area contributed by atoms with Crippen molar-refractivity contribution in [1.82, 2.24) is 4.90 Å². The van der Waals surface area contributed by atoms with Crippen LogP contribution in [0, 0.1) is 5.82 Å². The van der Waals surface area contributed by atoms with Crippen molar-refractivity contribution >= 4 is 11.7 Å². The Kier molecular flexibility index (Phi) is 3.61. The third kappa shape index (κ3) is 2.63. The molecular formula is C15H19FN2O2.